The molecule has 0 aliphatic heterocycles. The van der Waals surface area contributed by atoms with E-state index in [1.807, 2.05) is 185 Å². The first-order valence-corrected chi connectivity index (χ1v) is 48.3. The fourth-order valence-corrected chi connectivity index (χ4v) is 18.6. The maximum atomic E-state index is 4.62. The minimum absolute atomic E-state index is 0. The van der Waals surface area contributed by atoms with Crippen molar-refractivity contribution in [3.05, 3.63) is 361 Å². The molecule has 21 aromatic rings. The first-order chi connectivity index (χ1) is 64.1. The van der Waals surface area contributed by atoms with Crippen LogP contribution in [0.25, 0.3) is 163 Å². The van der Waals surface area contributed by atoms with Gasteiger partial charge < -0.3 is 13.7 Å². The highest BCUT2D eigenvalue weighted by atomic mass is 15.0. The second-order valence-corrected chi connectivity index (χ2v) is 28.3. The molecule has 3 aliphatic carbocycles. The van der Waals surface area contributed by atoms with Gasteiger partial charge in [-0.15, -0.1) is 0 Å². The third kappa shape index (κ3) is 20.0. The molecule has 6 heterocycles. The minimum Gasteiger partial charge on any atom is -0.334 e. The highest BCUT2D eigenvalue weighted by Gasteiger charge is 2.33. The molecule has 0 spiro atoms. The van der Waals surface area contributed by atoms with Gasteiger partial charge in [0.15, 0.2) is 0 Å². The largest absolute Gasteiger partial charge is 0.334 e. The standard InChI is InChI=1S/3C32H21N3.12C2H6.3B/c1-2-8-21-16-27-22(15-20(21)7-1)17-28-30(27)24-9-3-4-10-25(24)31-26-11-5-6-12-29(26)35(32(28)31)19-23-18-33-13-14-34-23;1-2-8-22-20(7-1)13-14-25-27(22)17-28-30(25)23-9-3-4-10-24(23)31-26-11-5-6-12-29(26)35(32(28)31)19-21-18-33-15-16-34-21;1-2-8-23-20(7-1)13-14-21-17-27-30(29(21)23)24-9-3-4-10-25(24)31-26-11-5-6-12-28(26)35(32(27)31)19-22-18-33-15-16-34-22;12*1-2;;;/h3*1-16,18H,17,19H2;12*1-2H3;;;. The molecule has 669 valence electrons. The predicted molar refractivity (Wildman–Crippen MR) is 585 cm³/mol. The Bertz CT molecular complexity index is 7180. The van der Waals surface area contributed by atoms with Gasteiger partial charge in [-0.05, 0) is 156 Å². The quantitative estimate of drug-likeness (QED) is 0.154. The van der Waals surface area contributed by atoms with Crippen LogP contribution in [0.2, 0.25) is 0 Å². The van der Waals surface area contributed by atoms with Crippen LogP contribution in [0.3, 0.4) is 0 Å². The SMILES string of the molecule is CC.CC.CC.CC.CC.CC.CC.CC.CC.CC.CC.CC.[B].[B].[B].c1ccc2c3c(ccc2c1)-c1c(c2c(c4ccccc14)c1ccccc1n2Cc1cnccn1)C3.c1ccc2c3c(ccc2c1)Cc1c-3c2ccccc2c2c3ccccc3n(Cc3cnccn3)c12.c1ccc2cc3c(cc2c1)Cc1c-3c2ccccc2c2c3ccccc3n(Cc3cnccn3)c12. The summed E-state index contributed by atoms with van der Waals surface area (Å²) in [6.45, 7) is 50.1. The first kappa shape index (κ1) is 106. The van der Waals surface area contributed by atoms with Crippen LogP contribution < -0.4 is 0 Å². The average Bonchev–Trinajstić information content (AvgIpc) is 1.56. The van der Waals surface area contributed by atoms with Gasteiger partial charge in [0.05, 0.1) is 71.9 Å². The van der Waals surface area contributed by atoms with Gasteiger partial charge in [-0.3, -0.25) is 29.9 Å². The molecule has 6 aromatic heterocycles. The van der Waals surface area contributed by atoms with Gasteiger partial charge in [0.1, 0.15) is 0 Å². The number of hydrogen-bond acceptors (Lipinski definition) is 6. The van der Waals surface area contributed by atoms with Gasteiger partial charge in [-0.1, -0.05) is 397 Å². The molecular weight excluding hydrogens is 1600 g/mol. The van der Waals surface area contributed by atoms with Crippen LogP contribution in [-0.2, 0) is 38.9 Å². The molecule has 132 heavy (non-hydrogen) atoms. The van der Waals surface area contributed by atoms with E-state index >= 15 is 0 Å². The first-order valence-electron chi connectivity index (χ1n) is 48.3. The third-order valence-electron chi connectivity index (χ3n) is 22.8. The highest BCUT2D eigenvalue weighted by Crippen LogP contribution is 2.54. The summed E-state index contributed by atoms with van der Waals surface area (Å²) in [7, 11) is 0. The van der Waals surface area contributed by atoms with Crippen LogP contribution in [0, 0.1) is 0 Å². The van der Waals surface area contributed by atoms with E-state index in [2.05, 4.69) is 298 Å². The van der Waals surface area contributed by atoms with Crippen LogP contribution >= 0.6 is 0 Å². The van der Waals surface area contributed by atoms with Crippen molar-refractivity contribution in [3.63, 3.8) is 0 Å². The zero-order chi connectivity index (χ0) is 92.8. The van der Waals surface area contributed by atoms with Gasteiger partial charge in [0, 0.05) is 131 Å². The topological polar surface area (TPSA) is 92.1 Å². The Labute approximate surface area is 793 Å². The molecule has 3 aliphatic rings. The summed E-state index contributed by atoms with van der Waals surface area (Å²) in [4.78, 5) is 26.9. The number of nitrogens with zero attached hydrogens (tertiary/aromatic N) is 9. The maximum absolute atomic E-state index is 4.62. The van der Waals surface area contributed by atoms with Crippen LogP contribution in [0.4, 0.5) is 0 Å². The molecule has 0 fully saturated rings. The maximum Gasteiger partial charge on any atom is 0.0784 e. The van der Waals surface area contributed by atoms with Crippen molar-refractivity contribution in [2.45, 2.75) is 205 Å². The van der Waals surface area contributed by atoms with E-state index in [9.17, 15) is 0 Å². The zero-order valence-electron chi connectivity index (χ0n) is 82.9. The van der Waals surface area contributed by atoms with Crippen molar-refractivity contribution < 1.29 is 0 Å². The van der Waals surface area contributed by atoms with Crippen LogP contribution in [0.1, 0.15) is 217 Å². The van der Waals surface area contributed by atoms with Gasteiger partial charge in [0.25, 0.3) is 0 Å². The Morgan fingerprint density at radius 2 is 0.508 bits per heavy atom. The van der Waals surface area contributed by atoms with E-state index < -0.39 is 0 Å². The number of aromatic nitrogens is 9. The molecule has 12 heteroatoms. The van der Waals surface area contributed by atoms with E-state index in [4.69, 9.17) is 0 Å². The van der Waals surface area contributed by atoms with E-state index in [1.54, 1.807) is 37.2 Å². The van der Waals surface area contributed by atoms with Gasteiger partial charge in [-0.25, -0.2) is 0 Å². The summed E-state index contributed by atoms with van der Waals surface area (Å²) in [5, 5.41) is 23.8. The number of benzene rings is 15. The Hall–Kier alpha value is -13.3. The molecule has 0 amide bonds. The van der Waals surface area contributed by atoms with Crippen molar-refractivity contribution >= 4 is 155 Å². The lowest BCUT2D eigenvalue weighted by Gasteiger charge is -2.14. The normalized spacial score (nSPS) is 10.5. The second kappa shape index (κ2) is 51.9. The van der Waals surface area contributed by atoms with Gasteiger partial charge in [0.2, 0.25) is 0 Å². The molecule has 0 saturated heterocycles. The van der Waals surface area contributed by atoms with Crippen LogP contribution in [0.5, 0.6) is 0 Å². The lowest BCUT2D eigenvalue weighted by Crippen LogP contribution is -2.03. The van der Waals surface area contributed by atoms with Crippen LogP contribution in [-0.4, -0.2) is 68.8 Å². The molecule has 0 bridgehead atoms. The lowest BCUT2D eigenvalue weighted by atomic mass is 9.91. The van der Waals surface area contributed by atoms with E-state index in [1.165, 1.54) is 197 Å². The number of hydrogen-bond donors (Lipinski definition) is 0. The van der Waals surface area contributed by atoms with E-state index in [0.717, 1.165) is 36.3 Å². The molecule has 24 rings (SSSR count). The summed E-state index contributed by atoms with van der Waals surface area (Å²) < 4.78 is 7.40. The Balaban J connectivity index is 0.000000240. The predicted octanol–water partition coefficient (Wildman–Crippen LogP) is 33.7. The molecule has 9 nitrogen and oxygen atoms in total. The Morgan fingerprint density at radius 3 is 0.894 bits per heavy atom. The number of para-hydroxylation sites is 3. The van der Waals surface area contributed by atoms with Crippen molar-refractivity contribution in [1.29, 1.82) is 0 Å². The fraction of sp³-hybridized carbons (Fsp3) is 0.250. The molecule has 0 saturated carbocycles. The Kier molecular flexibility index (Phi) is 41.6. The summed E-state index contributed by atoms with van der Waals surface area (Å²) in [5.41, 5.74) is 27.4. The van der Waals surface area contributed by atoms with Crippen LogP contribution in [0.15, 0.2) is 311 Å². The highest BCUT2D eigenvalue weighted by molar-refractivity contribution is 6.30. The van der Waals surface area contributed by atoms with Gasteiger partial charge >= 0.3 is 0 Å². The molecule has 9 radical (unpaired) electrons. The number of fused-ring (bicyclic) bond motifs is 35. The molecule has 0 N–H and O–H groups in total. The number of rotatable bonds is 6. The third-order valence-corrected chi connectivity index (χ3v) is 22.8. The zero-order valence-corrected chi connectivity index (χ0v) is 82.9. The molecule has 0 unspecified atom stereocenters. The lowest BCUT2D eigenvalue weighted by molar-refractivity contribution is 0.823. The van der Waals surface area contributed by atoms with Crippen molar-refractivity contribution in [1.82, 2.24) is 43.6 Å². The minimum atomic E-state index is 0. The summed E-state index contributed by atoms with van der Waals surface area (Å²) in [5.74, 6) is 0. The van der Waals surface area contributed by atoms with Crippen molar-refractivity contribution in [3.8, 4) is 33.4 Å². The molecule has 0 atom stereocenters. The van der Waals surface area contributed by atoms with E-state index in [-0.39, 0.29) is 25.2 Å². The van der Waals surface area contributed by atoms with E-state index in [0.29, 0.717) is 19.6 Å². The van der Waals surface area contributed by atoms with Gasteiger partial charge in [-0.2, -0.15) is 0 Å². The fourth-order valence-electron chi connectivity index (χ4n) is 18.6. The average molecular weight is 1740 g/mol. The summed E-state index contributed by atoms with van der Waals surface area (Å²) >= 11 is 0. The summed E-state index contributed by atoms with van der Waals surface area (Å²) in [6, 6.07) is 93.4. The Morgan fingerprint density at radius 1 is 0.220 bits per heavy atom. The second-order valence-electron chi connectivity index (χ2n) is 28.3. The van der Waals surface area contributed by atoms with Crippen molar-refractivity contribution in [2.24, 2.45) is 0 Å². The molecular formula is C120H135B3N9. The van der Waals surface area contributed by atoms with Crippen molar-refractivity contribution in [2.75, 3.05) is 0 Å². The summed E-state index contributed by atoms with van der Waals surface area (Å²) in [6.07, 6.45) is 19.0. The monoisotopic (exact) mass is 1740 g/mol. The smallest absolute Gasteiger partial charge is 0.0784 e. The molecule has 15 aromatic carbocycles.